The van der Waals surface area contributed by atoms with Crippen LogP contribution in [0.2, 0.25) is 0 Å². The Hall–Kier alpha value is -1.53. The Balaban J connectivity index is 2.20. The fourth-order valence-corrected chi connectivity index (χ4v) is 1.56. The fourth-order valence-electron chi connectivity index (χ4n) is 1.56. The van der Waals surface area contributed by atoms with Gasteiger partial charge in [0.1, 0.15) is 5.75 Å². The number of carbonyl (C=O) groups excluding carboxylic acids is 1. The van der Waals surface area contributed by atoms with Gasteiger partial charge < -0.3 is 20.1 Å². The van der Waals surface area contributed by atoms with E-state index in [0.717, 1.165) is 12.8 Å². The van der Waals surface area contributed by atoms with Crippen LogP contribution in [0, 0.1) is 0 Å². The first-order valence-corrected chi connectivity index (χ1v) is 5.46. The van der Waals surface area contributed by atoms with Crippen LogP contribution in [0.15, 0.2) is 18.2 Å². The monoisotopic (exact) mass is 235 g/mol. The summed E-state index contributed by atoms with van der Waals surface area (Å²) in [6, 6.07) is 4.82. The van der Waals surface area contributed by atoms with Crippen LogP contribution in [0.5, 0.6) is 5.75 Å². The van der Waals surface area contributed by atoms with Gasteiger partial charge in [0, 0.05) is 17.1 Å². The topological polar surface area (TPSA) is 78.8 Å². The number of methoxy groups -OCH3 is 1. The average molecular weight is 235 g/mol. The number of carbonyl (C=O) groups is 1. The molecule has 90 valence electrons. The molecule has 0 bridgehead atoms. The average Bonchev–Trinajstić information content (AvgIpc) is 3.11. The molecule has 6 heteroatoms. The summed E-state index contributed by atoms with van der Waals surface area (Å²) in [6.45, 7) is 0. The minimum Gasteiger partial charge on any atom is -0.497 e. The SMILES string of the molecule is COc1cc(C(=O)NC2CC2)ccc1B(O)O. The summed E-state index contributed by atoms with van der Waals surface area (Å²) in [5.74, 6) is 0.133. The maximum absolute atomic E-state index is 11.8. The van der Waals surface area contributed by atoms with Crippen molar-refractivity contribution in [1.82, 2.24) is 5.32 Å². The van der Waals surface area contributed by atoms with Crippen LogP contribution < -0.4 is 15.5 Å². The highest BCUT2D eigenvalue weighted by molar-refractivity contribution is 6.59. The van der Waals surface area contributed by atoms with Crippen molar-refractivity contribution in [2.45, 2.75) is 18.9 Å². The standard InChI is InChI=1S/C11H14BNO4/c1-17-10-6-7(2-5-9(10)12(15)16)11(14)13-8-3-4-8/h2,5-6,8,15-16H,3-4H2,1H3,(H,13,14). The number of rotatable bonds is 4. The van der Waals surface area contributed by atoms with E-state index in [2.05, 4.69) is 5.32 Å². The molecule has 1 aromatic carbocycles. The lowest BCUT2D eigenvalue weighted by Gasteiger charge is -2.10. The van der Waals surface area contributed by atoms with Gasteiger partial charge in [0.2, 0.25) is 0 Å². The summed E-state index contributed by atoms with van der Waals surface area (Å²) in [5.41, 5.74) is 0.702. The van der Waals surface area contributed by atoms with Gasteiger partial charge in [0.05, 0.1) is 7.11 Å². The third-order valence-corrected chi connectivity index (χ3v) is 2.69. The van der Waals surface area contributed by atoms with Gasteiger partial charge in [-0.1, -0.05) is 6.07 Å². The first-order chi connectivity index (χ1) is 8.11. The predicted octanol–water partition coefficient (Wildman–Crippen LogP) is -0.733. The van der Waals surface area contributed by atoms with Gasteiger partial charge in [-0.3, -0.25) is 4.79 Å². The van der Waals surface area contributed by atoms with Gasteiger partial charge in [-0.2, -0.15) is 0 Å². The summed E-state index contributed by atoms with van der Waals surface area (Å²) in [5, 5.41) is 21.0. The van der Waals surface area contributed by atoms with E-state index in [-0.39, 0.29) is 17.4 Å². The molecule has 1 aliphatic rings. The molecule has 0 heterocycles. The van der Waals surface area contributed by atoms with Crippen LogP contribution in [0.25, 0.3) is 0 Å². The number of ether oxygens (including phenoxy) is 1. The van der Waals surface area contributed by atoms with E-state index in [4.69, 9.17) is 14.8 Å². The predicted molar refractivity (Wildman–Crippen MR) is 63.3 cm³/mol. The van der Waals surface area contributed by atoms with Crippen LogP contribution in [-0.4, -0.2) is 36.2 Å². The Kier molecular flexibility index (Phi) is 3.35. The van der Waals surface area contributed by atoms with E-state index in [0.29, 0.717) is 11.3 Å². The van der Waals surface area contributed by atoms with Crippen molar-refractivity contribution in [3.63, 3.8) is 0 Å². The lowest BCUT2D eigenvalue weighted by molar-refractivity contribution is 0.0950. The first-order valence-electron chi connectivity index (χ1n) is 5.46. The van der Waals surface area contributed by atoms with Crippen LogP contribution >= 0.6 is 0 Å². The zero-order valence-electron chi connectivity index (χ0n) is 9.51. The first kappa shape index (κ1) is 11.9. The van der Waals surface area contributed by atoms with E-state index in [1.54, 1.807) is 6.07 Å². The maximum atomic E-state index is 11.8. The quantitative estimate of drug-likeness (QED) is 0.601. The summed E-state index contributed by atoms with van der Waals surface area (Å²) in [4.78, 5) is 11.8. The molecule has 1 amide bonds. The molecular weight excluding hydrogens is 221 g/mol. The number of nitrogens with one attached hydrogen (secondary N) is 1. The summed E-state index contributed by atoms with van der Waals surface area (Å²) < 4.78 is 5.02. The van der Waals surface area contributed by atoms with E-state index >= 15 is 0 Å². The zero-order valence-corrected chi connectivity index (χ0v) is 9.51. The summed E-state index contributed by atoms with van der Waals surface area (Å²) in [7, 11) is -0.186. The molecule has 1 fully saturated rings. The molecule has 0 aliphatic heterocycles. The van der Waals surface area contributed by atoms with E-state index in [1.807, 2.05) is 0 Å². The van der Waals surface area contributed by atoms with Gasteiger partial charge in [-0.05, 0) is 25.0 Å². The highest BCUT2D eigenvalue weighted by Crippen LogP contribution is 2.20. The van der Waals surface area contributed by atoms with Gasteiger partial charge in [0.25, 0.3) is 5.91 Å². The molecule has 0 saturated heterocycles. The second kappa shape index (κ2) is 4.77. The molecule has 0 spiro atoms. The molecule has 0 radical (unpaired) electrons. The number of amides is 1. The summed E-state index contributed by atoms with van der Waals surface area (Å²) in [6.07, 6.45) is 2.05. The van der Waals surface area contributed by atoms with Crippen LogP contribution in [0.3, 0.4) is 0 Å². The highest BCUT2D eigenvalue weighted by Gasteiger charge is 2.25. The lowest BCUT2D eigenvalue weighted by Crippen LogP contribution is -2.32. The van der Waals surface area contributed by atoms with Gasteiger partial charge >= 0.3 is 7.12 Å². The largest absolute Gasteiger partial charge is 0.497 e. The molecule has 0 atom stereocenters. The van der Waals surface area contributed by atoms with E-state index < -0.39 is 7.12 Å². The Morgan fingerprint density at radius 3 is 2.71 bits per heavy atom. The summed E-state index contributed by atoms with van der Waals surface area (Å²) >= 11 is 0. The molecule has 2 rings (SSSR count). The van der Waals surface area contributed by atoms with Crippen molar-refractivity contribution in [2.75, 3.05) is 7.11 Å². The number of hydrogen-bond donors (Lipinski definition) is 3. The van der Waals surface area contributed by atoms with Gasteiger partial charge in [-0.15, -0.1) is 0 Å². The van der Waals surface area contributed by atoms with E-state index in [9.17, 15) is 4.79 Å². The molecule has 0 unspecified atom stereocenters. The van der Waals surface area contributed by atoms with Crippen LogP contribution in [0.4, 0.5) is 0 Å². The molecule has 1 aromatic rings. The minimum absolute atomic E-state index is 0.162. The molecule has 1 saturated carbocycles. The van der Waals surface area contributed by atoms with Gasteiger partial charge in [-0.25, -0.2) is 0 Å². The number of hydrogen-bond acceptors (Lipinski definition) is 4. The molecular formula is C11H14BNO4. The maximum Gasteiger partial charge on any atom is 0.492 e. The Labute approximate surface area is 99.6 Å². The second-order valence-electron chi connectivity index (χ2n) is 4.08. The Morgan fingerprint density at radius 1 is 1.47 bits per heavy atom. The molecule has 5 nitrogen and oxygen atoms in total. The van der Waals surface area contributed by atoms with Crippen molar-refractivity contribution in [3.05, 3.63) is 23.8 Å². The number of benzene rings is 1. The third kappa shape index (κ3) is 2.78. The normalized spacial score (nSPS) is 14.3. The van der Waals surface area contributed by atoms with E-state index in [1.165, 1.54) is 19.2 Å². The Bertz CT molecular complexity index is 431. The van der Waals surface area contributed by atoms with Crippen molar-refractivity contribution in [3.8, 4) is 5.75 Å². The van der Waals surface area contributed by atoms with Crippen LogP contribution in [0.1, 0.15) is 23.2 Å². The van der Waals surface area contributed by atoms with Crippen molar-refractivity contribution < 1.29 is 19.6 Å². The third-order valence-electron chi connectivity index (χ3n) is 2.69. The van der Waals surface area contributed by atoms with Crippen molar-refractivity contribution >= 4 is 18.5 Å². The van der Waals surface area contributed by atoms with Crippen molar-refractivity contribution in [1.29, 1.82) is 0 Å². The lowest BCUT2D eigenvalue weighted by atomic mass is 9.79. The zero-order chi connectivity index (χ0) is 12.4. The molecule has 3 N–H and O–H groups in total. The van der Waals surface area contributed by atoms with Gasteiger partial charge in [0.15, 0.2) is 0 Å². The fraction of sp³-hybridized carbons (Fsp3) is 0.364. The molecule has 17 heavy (non-hydrogen) atoms. The van der Waals surface area contributed by atoms with Crippen LogP contribution in [-0.2, 0) is 0 Å². The highest BCUT2D eigenvalue weighted by atomic mass is 16.5. The second-order valence-corrected chi connectivity index (χ2v) is 4.08. The molecule has 1 aliphatic carbocycles. The molecule has 0 aromatic heterocycles. The smallest absolute Gasteiger partial charge is 0.492 e. The van der Waals surface area contributed by atoms with Crippen molar-refractivity contribution in [2.24, 2.45) is 0 Å². The Morgan fingerprint density at radius 2 is 2.18 bits per heavy atom. The minimum atomic E-state index is -1.61.